The van der Waals surface area contributed by atoms with E-state index in [1.807, 2.05) is 54.9 Å². The van der Waals surface area contributed by atoms with Crippen molar-refractivity contribution in [2.45, 2.75) is 27.7 Å². The third kappa shape index (κ3) is 4.73. The van der Waals surface area contributed by atoms with Gasteiger partial charge in [0, 0.05) is 48.0 Å². The number of hydrogen-bond donors (Lipinski definition) is 3. The summed E-state index contributed by atoms with van der Waals surface area (Å²) < 4.78 is 2.00. The van der Waals surface area contributed by atoms with Crippen LogP contribution in [-0.2, 0) is 0 Å². The number of anilines is 2. The summed E-state index contributed by atoms with van der Waals surface area (Å²) in [5, 5.41) is 13.6. The molecule has 0 aliphatic heterocycles. The van der Waals surface area contributed by atoms with Crippen molar-refractivity contribution < 1.29 is 4.79 Å². The minimum absolute atomic E-state index is 0.0716. The number of hydrogen-bond acceptors (Lipinski definition) is 6. The van der Waals surface area contributed by atoms with Crippen LogP contribution in [0.4, 0.5) is 11.5 Å². The number of carbonyl (C=O) groups excluding carboxylic acids is 1. The first-order valence-corrected chi connectivity index (χ1v) is 11.2. The van der Waals surface area contributed by atoms with Gasteiger partial charge in [0.15, 0.2) is 11.5 Å². The first-order valence-electron chi connectivity index (χ1n) is 11.2. The smallest absolute Gasteiger partial charge is 0.251 e. The zero-order valence-corrected chi connectivity index (χ0v) is 19.5. The molecular formula is C24H30N8O. The van der Waals surface area contributed by atoms with Crippen LogP contribution < -0.4 is 10.6 Å². The molecule has 9 heteroatoms. The van der Waals surface area contributed by atoms with E-state index in [-0.39, 0.29) is 5.91 Å². The number of nitrogens with one attached hydrogen (secondary N) is 3. The Kier molecular flexibility index (Phi) is 6.69. The van der Waals surface area contributed by atoms with Crippen LogP contribution in [0.1, 0.15) is 35.6 Å². The largest absolute Gasteiger partial charge is 0.351 e. The molecule has 0 saturated heterocycles. The molecule has 3 N–H and O–H groups in total. The lowest BCUT2D eigenvalue weighted by Crippen LogP contribution is -2.34. The van der Waals surface area contributed by atoms with Crippen LogP contribution in [-0.4, -0.2) is 61.6 Å². The van der Waals surface area contributed by atoms with Crippen molar-refractivity contribution in [2.75, 3.05) is 31.5 Å². The summed E-state index contributed by atoms with van der Waals surface area (Å²) in [4.78, 5) is 23.8. The van der Waals surface area contributed by atoms with Gasteiger partial charge in [-0.05, 0) is 51.2 Å². The van der Waals surface area contributed by atoms with Crippen LogP contribution in [0.25, 0.3) is 16.9 Å². The Morgan fingerprint density at radius 1 is 1.12 bits per heavy atom. The van der Waals surface area contributed by atoms with E-state index in [1.165, 1.54) is 0 Å². The van der Waals surface area contributed by atoms with Gasteiger partial charge in [0.25, 0.3) is 5.91 Å². The number of amides is 1. The van der Waals surface area contributed by atoms with Crippen molar-refractivity contribution in [1.29, 1.82) is 0 Å². The van der Waals surface area contributed by atoms with Crippen LogP contribution in [0.15, 0.2) is 42.9 Å². The lowest BCUT2D eigenvalue weighted by atomic mass is 10.1. The lowest BCUT2D eigenvalue weighted by molar-refractivity contribution is 0.0949. The maximum Gasteiger partial charge on any atom is 0.251 e. The summed E-state index contributed by atoms with van der Waals surface area (Å²) in [6, 6.07) is 7.37. The quantitative estimate of drug-likeness (QED) is 0.363. The van der Waals surface area contributed by atoms with Crippen molar-refractivity contribution in [3.05, 3.63) is 59.8 Å². The minimum atomic E-state index is -0.0716. The molecule has 1 aromatic carbocycles. The number of H-pyrrole nitrogens is 1. The molecule has 0 aliphatic carbocycles. The molecule has 33 heavy (non-hydrogen) atoms. The third-order valence-corrected chi connectivity index (χ3v) is 5.83. The number of fused-ring (bicyclic) bond motifs is 1. The topological polar surface area (TPSA) is 103 Å². The minimum Gasteiger partial charge on any atom is -0.351 e. The first-order chi connectivity index (χ1) is 16.0. The number of carbonyl (C=O) groups is 1. The Hall–Kier alpha value is -3.72. The van der Waals surface area contributed by atoms with Crippen molar-refractivity contribution >= 4 is 23.1 Å². The van der Waals surface area contributed by atoms with Crippen molar-refractivity contribution in [3.63, 3.8) is 0 Å². The average molecular weight is 447 g/mol. The molecule has 172 valence electrons. The Labute approximate surface area is 193 Å². The third-order valence-electron chi connectivity index (χ3n) is 5.83. The molecule has 4 aromatic rings. The predicted molar refractivity (Wildman–Crippen MR) is 130 cm³/mol. The van der Waals surface area contributed by atoms with E-state index in [4.69, 9.17) is 0 Å². The molecule has 0 fully saturated rings. The van der Waals surface area contributed by atoms with Gasteiger partial charge in [-0.15, -0.1) is 0 Å². The number of benzene rings is 1. The average Bonchev–Trinajstić information content (AvgIpc) is 3.45. The van der Waals surface area contributed by atoms with Gasteiger partial charge >= 0.3 is 0 Å². The highest BCUT2D eigenvalue weighted by atomic mass is 16.1. The first kappa shape index (κ1) is 22.5. The maximum atomic E-state index is 12.4. The molecule has 0 aliphatic rings. The monoisotopic (exact) mass is 446 g/mol. The second-order valence-electron chi connectivity index (χ2n) is 7.91. The van der Waals surface area contributed by atoms with Crippen LogP contribution in [0, 0.1) is 13.8 Å². The zero-order valence-electron chi connectivity index (χ0n) is 19.5. The predicted octanol–water partition coefficient (Wildman–Crippen LogP) is 3.55. The van der Waals surface area contributed by atoms with Crippen molar-refractivity contribution in [3.8, 4) is 11.3 Å². The molecule has 1 amide bonds. The van der Waals surface area contributed by atoms with E-state index < -0.39 is 0 Å². The SMILES string of the molecule is CCN(CC)CCNC(=O)c1ccc(Nc2ncc(-c3c(C)n[nH]c3C)n3ccnc23)cc1. The van der Waals surface area contributed by atoms with Crippen molar-refractivity contribution in [1.82, 2.24) is 34.8 Å². The fourth-order valence-electron chi connectivity index (χ4n) is 3.93. The standard InChI is InChI=1S/C24H30N8O/c1-5-31(6-2)13-11-26-24(33)18-7-9-19(10-8-18)28-22-23-25-12-14-32(23)20(15-27-22)21-16(3)29-30-17(21)4/h7-10,12,14-15H,5-6,11,13H2,1-4H3,(H,26,33)(H,27,28)(H,29,30). The molecular weight excluding hydrogens is 416 g/mol. The van der Waals surface area contributed by atoms with E-state index >= 15 is 0 Å². The molecule has 0 unspecified atom stereocenters. The van der Waals surface area contributed by atoms with Crippen molar-refractivity contribution in [2.24, 2.45) is 0 Å². The molecule has 0 radical (unpaired) electrons. The summed E-state index contributed by atoms with van der Waals surface area (Å²) in [5.41, 5.74) is 6.01. The lowest BCUT2D eigenvalue weighted by Gasteiger charge is -2.18. The van der Waals surface area contributed by atoms with Gasteiger partial charge < -0.3 is 15.5 Å². The Bertz CT molecular complexity index is 1220. The van der Waals surface area contributed by atoms with Crippen LogP contribution in [0.5, 0.6) is 0 Å². The van der Waals surface area contributed by atoms with E-state index in [9.17, 15) is 4.79 Å². The molecule has 0 spiro atoms. The van der Waals surface area contributed by atoms with E-state index in [1.54, 1.807) is 6.20 Å². The molecule has 0 saturated carbocycles. The van der Waals surface area contributed by atoms with Gasteiger partial charge in [-0.3, -0.25) is 14.3 Å². The number of aromatic amines is 1. The highest BCUT2D eigenvalue weighted by molar-refractivity contribution is 5.94. The number of imidazole rings is 1. The van der Waals surface area contributed by atoms with Crippen LogP contribution in [0.2, 0.25) is 0 Å². The number of likely N-dealkylation sites (N-methyl/N-ethyl adjacent to an activating group) is 1. The van der Waals surface area contributed by atoms with Crippen LogP contribution >= 0.6 is 0 Å². The summed E-state index contributed by atoms with van der Waals surface area (Å²) in [5.74, 6) is 0.566. The molecule has 4 rings (SSSR count). The van der Waals surface area contributed by atoms with Crippen LogP contribution in [0.3, 0.4) is 0 Å². The highest BCUT2D eigenvalue weighted by Crippen LogP contribution is 2.28. The number of nitrogens with zero attached hydrogens (tertiary/aromatic N) is 5. The van der Waals surface area contributed by atoms with Gasteiger partial charge in [0.05, 0.1) is 17.6 Å². The second kappa shape index (κ2) is 9.83. The second-order valence-corrected chi connectivity index (χ2v) is 7.91. The Morgan fingerprint density at radius 2 is 1.88 bits per heavy atom. The normalized spacial score (nSPS) is 11.3. The number of rotatable bonds is 9. The van der Waals surface area contributed by atoms with Gasteiger partial charge in [0.1, 0.15) is 0 Å². The summed E-state index contributed by atoms with van der Waals surface area (Å²) in [6.45, 7) is 11.6. The fourth-order valence-corrected chi connectivity index (χ4v) is 3.93. The molecule has 0 bridgehead atoms. The molecule has 9 nitrogen and oxygen atoms in total. The van der Waals surface area contributed by atoms with E-state index in [0.29, 0.717) is 23.6 Å². The Morgan fingerprint density at radius 3 is 2.55 bits per heavy atom. The molecule has 3 aromatic heterocycles. The Balaban J connectivity index is 1.48. The van der Waals surface area contributed by atoms with E-state index in [0.717, 1.165) is 48.0 Å². The highest BCUT2D eigenvalue weighted by Gasteiger charge is 2.16. The summed E-state index contributed by atoms with van der Waals surface area (Å²) in [6.07, 6.45) is 5.48. The maximum absolute atomic E-state index is 12.4. The van der Waals surface area contributed by atoms with Gasteiger partial charge in [0.2, 0.25) is 0 Å². The fraction of sp³-hybridized carbons (Fsp3) is 0.333. The zero-order chi connectivity index (χ0) is 23.4. The number of aromatic nitrogens is 5. The number of aryl methyl sites for hydroxylation is 2. The van der Waals surface area contributed by atoms with E-state index in [2.05, 4.69) is 49.5 Å². The summed E-state index contributed by atoms with van der Waals surface area (Å²) >= 11 is 0. The van der Waals surface area contributed by atoms with Gasteiger partial charge in [-0.1, -0.05) is 13.8 Å². The summed E-state index contributed by atoms with van der Waals surface area (Å²) in [7, 11) is 0. The van der Waals surface area contributed by atoms with Gasteiger partial charge in [-0.25, -0.2) is 9.97 Å². The molecule has 3 heterocycles. The molecule has 0 atom stereocenters. The van der Waals surface area contributed by atoms with Gasteiger partial charge in [-0.2, -0.15) is 5.10 Å².